The van der Waals surface area contributed by atoms with Gasteiger partial charge in [0.25, 0.3) is 0 Å². The number of aliphatic hydroxyl groups is 2. The van der Waals surface area contributed by atoms with Crippen LogP contribution in [0, 0.1) is 11.8 Å². The van der Waals surface area contributed by atoms with Gasteiger partial charge in [-0.05, 0) is 43.9 Å². The first-order chi connectivity index (χ1) is 7.34. The minimum absolute atomic E-state index is 0.196. The van der Waals surface area contributed by atoms with Gasteiger partial charge >= 0.3 is 0 Å². The highest BCUT2D eigenvalue weighted by Gasteiger charge is 2.25. The van der Waals surface area contributed by atoms with E-state index in [1.807, 2.05) is 27.7 Å². The van der Waals surface area contributed by atoms with E-state index in [-0.39, 0.29) is 6.10 Å². The van der Waals surface area contributed by atoms with Gasteiger partial charge in [-0.1, -0.05) is 34.6 Å². The van der Waals surface area contributed by atoms with E-state index in [4.69, 9.17) is 0 Å². The van der Waals surface area contributed by atoms with Crippen LogP contribution < -0.4 is 0 Å². The maximum Gasteiger partial charge on any atom is 0.0645 e. The van der Waals surface area contributed by atoms with Crippen molar-refractivity contribution < 1.29 is 10.2 Å². The Kier molecular flexibility index (Phi) is 7.25. The van der Waals surface area contributed by atoms with Crippen molar-refractivity contribution in [2.45, 2.75) is 78.4 Å². The lowest BCUT2D eigenvalue weighted by molar-refractivity contribution is 0.00623. The minimum Gasteiger partial charge on any atom is -0.393 e. The molecular formula is C14H30O2. The molecule has 0 saturated heterocycles. The van der Waals surface area contributed by atoms with Crippen LogP contribution in [0.5, 0.6) is 0 Å². The van der Waals surface area contributed by atoms with Crippen molar-refractivity contribution in [3.05, 3.63) is 0 Å². The Morgan fingerprint density at radius 1 is 1.00 bits per heavy atom. The van der Waals surface area contributed by atoms with Gasteiger partial charge in [0.05, 0.1) is 11.7 Å². The lowest BCUT2D eigenvalue weighted by Crippen LogP contribution is -2.29. The molecular weight excluding hydrogens is 200 g/mol. The Hall–Kier alpha value is -0.0800. The van der Waals surface area contributed by atoms with Crippen LogP contribution in [0.25, 0.3) is 0 Å². The SMILES string of the molecule is CCC(O)(CC)CC(C)CCC(O)C(C)C. The Labute approximate surface area is 101 Å². The standard InChI is InChI=1S/C14H30O2/c1-6-14(16,7-2)10-12(5)8-9-13(15)11(3)4/h11-13,15-16H,6-10H2,1-5H3. The van der Waals surface area contributed by atoms with Gasteiger partial charge in [-0.25, -0.2) is 0 Å². The average molecular weight is 230 g/mol. The predicted molar refractivity (Wildman–Crippen MR) is 69.4 cm³/mol. The van der Waals surface area contributed by atoms with Crippen LogP contribution in [0.4, 0.5) is 0 Å². The molecule has 2 nitrogen and oxygen atoms in total. The molecule has 0 aliphatic carbocycles. The third kappa shape index (κ3) is 5.86. The Bertz CT molecular complexity index is 174. The lowest BCUT2D eigenvalue weighted by Gasteiger charge is -2.29. The third-order valence-corrected chi connectivity index (χ3v) is 3.77. The number of aliphatic hydroxyl groups excluding tert-OH is 1. The Morgan fingerprint density at radius 2 is 1.50 bits per heavy atom. The van der Waals surface area contributed by atoms with Crippen molar-refractivity contribution in [3.63, 3.8) is 0 Å². The molecule has 0 rings (SSSR count). The maximum atomic E-state index is 10.2. The summed E-state index contributed by atoms with van der Waals surface area (Å²) in [4.78, 5) is 0. The van der Waals surface area contributed by atoms with E-state index in [1.165, 1.54) is 0 Å². The van der Waals surface area contributed by atoms with Gasteiger partial charge in [0.15, 0.2) is 0 Å². The van der Waals surface area contributed by atoms with E-state index in [1.54, 1.807) is 0 Å². The van der Waals surface area contributed by atoms with Crippen molar-refractivity contribution in [2.24, 2.45) is 11.8 Å². The summed E-state index contributed by atoms with van der Waals surface area (Å²) < 4.78 is 0. The Morgan fingerprint density at radius 3 is 1.88 bits per heavy atom. The highest BCUT2D eigenvalue weighted by atomic mass is 16.3. The molecule has 0 aliphatic heterocycles. The zero-order chi connectivity index (χ0) is 12.8. The van der Waals surface area contributed by atoms with Crippen molar-refractivity contribution in [1.29, 1.82) is 0 Å². The maximum absolute atomic E-state index is 10.2. The zero-order valence-electron chi connectivity index (χ0n) is 11.7. The fraction of sp³-hybridized carbons (Fsp3) is 1.00. The molecule has 0 fully saturated rings. The molecule has 0 radical (unpaired) electrons. The molecule has 2 N–H and O–H groups in total. The third-order valence-electron chi connectivity index (χ3n) is 3.77. The molecule has 0 aliphatic rings. The fourth-order valence-electron chi connectivity index (χ4n) is 2.08. The summed E-state index contributed by atoms with van der Waals surface area (Å²) in [5.74, 6) is 0.821. The molecule has 0 amide bonds. The smallest absolute Gasteiger partial charge is 0.0645 e. The van der Waals surface area contributed by atoms with Gasteiger partial charge < -0.3 is 10.2 Å². The van der Waals surface area contributed by atoms with Crippen LogP contribution in [0.2, 0.25) is 0 Å². The van der Waals surface area contributed by atoms with Crippen LogP contribution in [0.3, 0.4) is 0 Å². The zero-order valence-corrected chi connectivity index (χ0v) is 11.7. The van der Waals surface area contributed by atoms with Crippen molar-refractivity contribution in [2.75, 3.05) is 0 Å². The van der Waals surface area contributed by atoms with Gasteiger partial charge in [-0.2, -0.15) is 0 Å². The summed E-state index contributed by atoms with van der Waals surface area (Å²) in [5, 5.41) is 19.9. The van der Waals surface area contributed by atoms with E-state index in [0.717, 1.165) is 32.1 Å². The molecule has 0 heterocycles. The highest BCUT2D eigenvalue weighted by molar-refractivity contribution is 4.78. The first-order valence-corrected chi connectivity index (χ1v) is 6.75. The first-order valence-electron chi connectivity index (χ1n) is 6.75. The van der Waals surface area contributed by atoms with E-state index < -0.39 is 5.60 Å². The molecule has 2 heteroatoms. The molecule has 0 saturated carbocycles. The van der Waals surface area contributed by atoms with Crippen LogP contribution >= 0.6 is 0 Å². The quantitative estimate of drug-likeness (QED) is 0.671. The number of hydrogen-bond donors (Lipinski definition) is 2. The molecule has 0 spiro atoms. The van der Waals surface area contributed by atoms with Crippen molar-refractivity contribution in [1.82, 2.24) is 0 Å². The largest absolute Gasteiger partial charge is 0.393 e. The summed E-state index contributed by atoms with van der Waals surface area (Å²) in [6, 6.07) is 0. The van der Waals surface area contributed by atoms with E-state index in [2.05, 4.69) is 6.92 Å². The second-order valence-corrected chi connectivity index (χ2v) is 5.63. The van der Waals surface area contributed by atoms with Crippen LogP contribution in [-0.4, -0.2) is 21.9 Å². The van der Waals surface area contributed by atoms with Crippen molar-refractivity contribution in [3.8, 4) is 0 Å². The summed E-state index contributed by atoms with van der Waals surface area (Å²) in [7, 11) is 0. The summed E-state index contributed by atoms with van der Waals surface area (Å²) in [6.45, 7) is 10.3. The van der Waals surface area contributed by atoms with Gasteiger partial charge in [0.1, 0.15) is 0 Å². The normalized spacial score (nSPS) is 16.5. The molecule has 2 unspecified atom stereocenters. The Balaban J connectivity index is 3.94. The average Bonchev–Trinajstić information content (AvgIpc) is 2.25. The van der Waals surface area contributed by atoms with E-state index in [0.29, 0.717) is 11.8 Å². The van der Waals surface area contributed by atoms with E-state index >= 15 is 0 Å². The second kappa shape index (κ2) is 7.29. The number of rotatable bonds is 8. The topological polar surface area (TPSA) is 40.5 Å². The predicted octanol–water partition coefficient (Wildman–Crippen LogP) is 3.36. The van der Waals surface area contributed by atoms with Gasteiger partial charge in [0, 0.05) is 0 Å². The van der Waals surface area contributed by atoms with Gasteiger partial charge in [0.2, 0.25) is 0 Å². The summed E-state index contributed by atoms with van der Waals surface area (Å²) >= 11 is 0. The van der Waals surface area contributed by atoms with E-state index in [9.17, 15) is 10.2 Å². The molecule has 16 heavy (non-hydrogen) atoms. The fourth-order valence-corrected chi connectivity index (χ4v) is 2.08. The van der Waals surface area contributed by atoms with Crippen LogP contribution in [0.1, 0.15) is 66.7 Å². The highest BCUT2D eigenvalue weighted by Crippen LogP contribution is 2.27. The van der Waals surface area contributed by atoms with Gasteiger partial charge in [-0.3, -0.25) is 0 Å². The molecule has 0 aromatic carbocycles. The molecule has 0 aromatic heterocycles. The molecule has 0 bridgehead atoms. The molecule has 98 valence electrons. The molecule has 0 aromatic rings. The lowest BCUT2D eigenvalue weighted by atomic mass is 9.84. The van der Waals surface area contributed by atoms with Gasteiger partial charge in [-0.15, -0.1) is 0 Å². The monoisotopic (exact) mass is 230 g/mol. The first kappa shape index (κ1) is 15.9. The van der Waals surface area contributed by atoms with Crippen LogP contribution in [-0.2, 0) is 0 Å². The van der Waals surface area contributed by atoms with Crippen LogP contribution in [0.15, 0.2) is 0 Å². The number of hydrogen-bond acceptors (Lipinski definition) is 2. The second-order valence-electron chi connectivity index (χ2n) is 5.63. The summed E-state index contributed by atoms with van der Waals surface area (Å²) in [5.41, 5.74) is -0.498. The van der Waals surface area contributed by atoms with Crippen molar-refractivity contribution >= 4 is 0 Å². The summed E-state index contributed by atoms with van der Waals surface area (Å²) in [6.07, 6.45) is 4.15. The minimum atomic E-state index is -0.498. The molecule has 2 atom stereocenters.